The first-order valence-electron chi connectivity index (χ1n) is 7.61. The molecule has 1 aromatic heterocycles. The van der Waals surface area contributed by atoms with E-state index in [-0.39, 0.29) is 29.9 Å². The summed E-state index contributed by atoms with van der Waals surface area (Å²) in [6, 6.07) is -0.665. The number of hydrogen-bond acceptors (Lipinski definition) is 6. The van der Waals surface area contributed by atoms with Crippen LogP contribution >= 0.6 is 11.3 Å². The second kappa shape index (κ2) is 6.12. The maximum absolute atomic E-state index is 12.4. The molecule has 4 atom stereocenters. The van der Waals surface area contributed by atoms with E-state index in [1.807, 2.05) is 19.2 Å². The van der Waals surface area contributed by atoms with Crippen LogP contribution in [-0.2, 0) is 14.8 Å². The fourth-order valence-corrected chi connectivity index (χ4v) is 4.82. The van der Waals surface area contributed by atoms with Gasteiger partial charge >= 0.3 is 0 Å². The van der Waals surface area contributed by atoms with Crippen LogP contribution in [0.1, 0.15) is 41.7 Å². The highest BCUT2D eigenvalue weighted by molar-refractivity contribution is 7.88. The van der Waals surface area contributed by atoms with Crippen LogP contribution in [0.15, 0.2) is 5.38 Å². The minimum absolute atomic E-state index is 0.155. The third-order valence-corrected chi connectivity index (χ3v) is 5.90. The van der Waals surface area contributed by atoms with Crippen LogP contribution in [0, 0.1) is 5.92 Å². The van der Waals surface area contributed by atoms with Gasteiger partial charge in [-0.15, -0.1) is 11.3 Å². The Kier molecular flexibility index (Phi) is 4.47. The van der Waals surface area contributed by atoms with Crippen LogP contribution in [0.4, 0.5) is 0 Å². The number of carbonyl (C=O) groups is 1. The standard InChI is InChI=1S/C14H21N3O4S2/c1-7(2)9-6-22-14(15-9)13(18)16-10-8-4-5-21-12(8)11(10)17-23(3,19)20/h6-8,10-12,17H,4-5H2,1-3H3,(H,16,18)/t8-,10+,11-,12-/m1/s1. The van der Waals surface area contributed by atoms with Crippen molar-refractivity contribution in [3.8, 4) is 0 Å². The molecule has 2 fully saturated rings. The van der Waals surface area contributed by atoms with Gasteiger partial charge in [0.2, 0.25) is 10.0 Å². The average Bonchev–Trinajstić information content (AvgIpc) is 3.08. The number of ether oxygens (including phenoxy) is 1. The highest BCUT2D eigenvalue weighted by Crippen LogP contribution is 2.39. The summed E-state index contributed by atoms with van der Waals surface area (Å²) in [5, 5.41) is 5.23. The first-order valence-corrected chi connectivity index (χ1v) is 10.4. The smallest absolute Gasteiger partial charge is 0.280 e. The lowest BCUT2D eigenvalue weighted by Gasteiger charge is -2.47. The second-order valence-electron chi connectivity index (χ2n) is 6.44. The largest absolute Gasteiger partial charge is 0.376 e. The van der Waals surface area contributed by atoms with Crippen LogP contribution in [0.3, 0.4) is 0 Å². The summed E-state index contributed by atoms with van der Waals surface area (Å²) >= 11 is 1.31. The quantitative estimate of drug-likeness (QED) is 0.807. The molecule has 7 nitrogen and oxygen atoms in total. The number of thiazole rings is 1. The van der Waals surface area contributed by atoms with Gasteiger partial charge in [0.1, 0.15) is 0 Å². The number of fused-ring (bicyclic) bond motifs is 1. The predicted octanol–water partition coefficient (Wildman–Crippen LogP) is 0.701. The molecule has 2 aliphatic rings. The van der Waals surface area contributed by atoms with Gasteiger partial charge in [0.05, 0.1) is 30.1 Å². The van der Waals surface area contributed by atoms with Crippen LogP contribution < -0.4 is 10.0 Å². The normalized spacial score (nSPS) is 30.1. The maximum atomic E-state index is 12.4. The van der Waals surface area contributed by atoms with Crippen LogP contribution in [0.25, 0.3) is 0 Å². The fourth-order valence-electron chi connectivity index (χ4n) is 3.16. The summed E-state index contributed by atoms with van der Waals surface area (Å²) < 4.78 is 31.2. The molecule has 3 rings (SSSR count). The number of rotatable bonds is 5. The molecule has 1 saturated carbocycles. The fraction of sp³-hybridized carbons (Fsp3) is 0.714. The van der Waals surface area contributed by atoms with Crippen molar-refractivity contribution in [1.82, 2.24) is 15.0 Å². The SMILES string of the molecule is CC(C)c1csc(C(=O)N[C@H]2[C@H]3CCO[C@H]3[C@@H]2NS(C)(=O)=O)n1. The maximum Gasteiger partial charge on any atom is 0.280 e. The molecule has 1 aliphatic heterocycles. The van der Waals surface area contributed by atoms with Crippen molar-refractivity contribution >= 4 is 27.3 Å². The lowest BCUT2D eigenvalue weighted by Crippen LogP contribution is -2.70. The van der Waals surface area contributed by atoms with E-state index in [9.17, 15) is 13.2 Å². The molecule has 1 amide bonds. The van der Waals surface area contributed by atoms with E-state index >= 15 is 0 Å². The number of carbonyl (C=O) groups excluding carboxylic acids is 1. The number of sulfonamides is 1. The molecular weight excluding hydrogens is 338 g/mol. The second-order valence-corrected chi connectivity index (χ2v) is 9.07. The number of hydrogen-bond donors (Lipinski definition) is 2. The first kappa shape index (κ1) is 16.8. The zero-order valence-electron chi connectivity index (χ0n) is 13.3. The van der Waals surface area contributed by atoms with E-state index in [4.69, 9.17) is 4.74 Å². The first-order chi connectivity index (χ1) is 10.8. The zero-order chi connectivity index (χ0) is 16.8. The van der Waals surface area contributed by atoms with E-state index in [0.29, 0.717) is 11.6 Å². The van der Waals surface area contributed by atoms with E-state index < -0.39 is 16.1 Å². The molecule has 1 aliphatic carbocycles. The van der Waals surface area contributed by atoms with E-state index in [1.165, 1.54) is 11.3 Å². The molecular formula is C14H21N3O4S2. The predicted molar refractivity (Wildman–Crippen MR) is 87.1 cm³/mol. The molecule has 23 heavy (non-hydrogen) atoms. The third kappa shape index (κ3) is 3.42. The molecule has 2 heterocycles. The monoisotopic (exact) mass is 359 g/mol. The van der Waals surface area contributed by atoms with Crippen LogP contribution in [0.2, 0.25) is 0 Å². The molecule has 0 spiro atoms. The third-order valence-electron chi connectivity index (χ3n) is 4.34. The van der Waals surface area contributed by atoms with E-state index in [1.54, 1.807) is 0 Å². The van der Waals surface area contributed by atoms with Gasteiger partial charge in [-0.2, -0.15) is 0 Å². The van der Waals surface area contributed by atoms with Gasteiger partial charge in [0.25, 0.3) is 5.91 Å². The Hall–Kier alpha value is -1.03. The summed E-state index contributed by atoms with van der Waals surface area (Å²) in [7, 11) is -3.36. The van der Waals surface area contributed by atoms with Gasteiger partial charge in [-0.3, -0.25) is 4.79 Å². The molecule has 2 N–H and O–H groups in total. The minimum Gasteiger partial charge on any atom is -0.376 e. The molecule has 0 bridgehead atoms. The lowest BCUT2D eigenvalue weighted by molar-refractivity contribution is -0.0194. The Labute approximate surface area is 139 Å². The van der Waals surface area contributed by atoms with Crippen molar-refractivity contribution in [2.24, 2.45) is 5.92 Å². The van der Waals surface area contributed by atoms with Crippen molar-refractivity contribution in [2.45, 2.75) is 44.4 Å². The Morgan fingerprint density at radius 3 is 2.78 bits per heavy atom. The summed E-state index contributed by atoms with van der Waals surface area (Å²) in [4.78, 5) is 16.7. The highest BCUT2D eigenvalue weighted by atomic mass is 32.2. The molecule has 0 aromatic carbocycles. The summed E-state index contributed by atoms with van der Waals surface area (Å²) in [6.45, 7) is 4.64. The Balaban J connectivity index is 1.70. The van der Waals surface area contributed by atoms with Gasteiger partial charge in [-0.1, -0.05) is 13.8 Å². The van der Waals surface area contributed by atoms with Gasteiger partial charge < -0.3 is 10.1 Å². The van der Waals surface area contributed by atoms with Gasteiger partial charge in [-0.25, -0.2) is 18.1 Å². The van der Waals surface area contributed by atoms with Crippen LogP contribution in [-0.4, -0.2) is 50.4 Å². The summed E-state index contributed by atoms with van der Waals surface area (Å²) in [6.07, 6.45) is 1.79. The van der Waals surface area contributed by atoms with Crippen molar-refractivity contribution in [3.63, 3.8) is 0 Å². The van der Waals surface area contributed by atoms with Gasteiger partial charge in [-0.05, 0) is 12.3 Å². The number of nitrogens with zero attached hydrogens (tertiary/aromatic N) is 1. The van der Waals surface area contributed by atoms with Crippen molar-refractivity contribution in [3.05, 3.63) is 16.1 Å². The van der Waals surface area contributed by atoms with E-state index in [0.717, 1.165) is 18.4 Å². The topological polar surface area (TPSA) is 97.4 Å². The van der Waals surface area contributed by atoms with Gasteiger partial charge in [0, 0.05) is 17.9 Å². The lowest BCUT2D eigenvalue weighted by atomic mass is 9.72. The summed E-state index contributed by atoms with van der Waals surface area (Å²) in [5.41, 5.74) is 0.890. The molecule has 1 aromatic rings. The summed E-state index contributed by atoms with van der Waals surface area (Å²) in [5.74, 6) is 0.170. The molecule has 1 saturated heterocycles. The highest BCUT2D eigenvalue weighted by Gasteiger charge is 2.55. The number of nitrogens with one attached hydrogen (secondary N) is 2. The number of aromatic nitrogens is 1. The Bertz CT molecular complexity index is 701. The Morgan fingerprint density at radius 1 is 1.43 bits per heavy atom. The van der Waals surface area contributed by atoms with Crippen molar-refractivity contribution in [2.75, 3.05) is 12.9 Å². The molecule has 0 unspecified atom stereocenters. The minimum atomic E-state index is -3.36. The van der Waals surface area contributed by atoms with Crippen molar-refractivity contribution in [1.29, 1.82) is 0 Å². The van der Waals surface area contributed by atoms with Crippen molar-refractivity contribution < 1.29 is 17.9 Å². The van der Waals surface area contributed by atoms with Crippen LogP contribution in [0.5, 0.6) is 0 Å². The average molecular weight is 359 g/mol. The van der Waals surface area contributed by atoms with E-state index in [2.05, 4.69) is 15.0 Å². The Morgan fingerprint density at radius 2 is 2.17 bits per heavy atom. The molecule has 0 radical (unpaired) electrons. The molecule has 128 valence electrons. The number of amides is 1. The molecule has 9 heteroatoms. The zero-order valence-corrected chi connectivity index (χ0v) is 14.9. The van der Waals surface area contributed by atoms with Gasteiger partial charge in [0.15, 0.2) is 5.01 Å².